The minimum absolute atomic E-state index is 0.115. The van der Waals surface area contributed by atoms with Gasteiger partial charge >= 0.3 is 0 Å². The Morgan fingerprint density at radius 3 is 3.08 bits per heavy atom. The zero-order valence-electron chi connectivity index (χ0n) is 7.15. The first-order valence-electron chi connectivity index (χ1n) is 3.66. The summed E-state index contributed by atoms with van der Waals surface area (Å²) in [5.41, 5.74) is 5.39. The van der Waals surface area contributed by atoms with Crippen LogP contribution in [0.25, 0.3) is 0 Å². The Bertz CT molecular complexity index is 333. The lowest BCUT2D eigenvalue weighted by molar-refractivity contribution is -0.121. The van der Waals surface area contributed by atoms with E-state index in [9.17, 15) is 4.79 Å². The number of amides is 1. The number of aromatic nitrogens is 2. The highest BCUT2D eigenvalue weighted by Gasteiger charge is 2.07. The number of nitrogens with two attached hydrogens (primary N) is 1. The van der Waals surface area contributed by atoms with Gasteiger partial charge in [-0.15, -0.1) is 0 Å². The number of nitrogens with one attached hydrogen (secondary N) is 1. The second-order valence-corrected chi connectivity index (χ2v) is 2.86. The number of rotatable bonds is 3. The van der Waals surface area contributed by atoms with Crippen molar-refractivity contribution < 1.29 is 4.79 Å². The van der Waals surface area contributed by atoms with Gasteiger partial charge in [-0.05, 0) is 0 Å². The summed E-state index contributed by atoms with van der Waals surface area (Å²) in [4.78, 5) is 15.1. The molecule has 13 heavy (non-hydrogen) atoms. The second-order valence-electron chi connectivity index (χ2n) is 2.42. The molecule has 1 rings (SSSR count). The molecule has 1 aromatic rings. The Balaban J connectivity index is 2.82. The van der Waals surface area contributed by atoms with Crippen LogP contribution in [-0.2, 0) is 11.3 Å². The average Bonchev–Trinajstić information content (AvgIpc) is 2.52. The third kappa shape index (κ3) is 2.25. The summed E-state index contributed by atoms with van der Waals surface area (Å²) >= 11 is 4.76. The quantitative estimate of drug-likeness (QED) is 0.628. The van der Waals surface area contributed by atoms with Gasteiger partial charge in [0.1, 0.15) is 11.5 Å². The molecule has 0 saturated carbocycles. The van der Waals surface area contributed by atoms with Crippen LogP contribution in [0, 0.1) is 0 Å². The van der Waals surface area contributed by atoms with Crippen molar-refractivity contribution in [3.63, 3.8) is 0 Å². The van der Waals surface area contributed by atoms with E-state index in [4.69, 9.17) is 18.0 Å². The Hall–Kier alpha value is -1.43. The monoisotopic (exact) mass is 198 g/mol. The zero-order valence-corrected chi connectivity index (χ0v) is 7.97. The van der Waals surface area contributed by atoms with E-state index in [-0.39, 0.29) is 17.4 Å². The predicted molar refractivity (Wildman–Crippen MR) is 52.2 cm³/mol. The Morgan fingerprint density at radius 1 is 1.85 bits per heavy atom. The molecule has 1 heterocycles. The van der Waals surface area contributed by atoms with E-state index in [0.717, 1.165) is 0 Å². The number of carbonyl (C=O) groups excluding carboxylic acids is 1. The molecule has 0 aliphatic carbocycles. The van der Waals surface area contributed by atoms with E-state index in [1.807, 2.05) is 0 Å². The highest BCUT2D eigenvalue weighted by atomic mass is 32.1. The highest BCUT2D eigenvalue weighted by Crippen LogP contribution is 1.96. The third-order valence-electron chi connectivity index (χ3n) is 1.53. The molecule has 0 aliphatic heterocycles. The number of hydrogen-bond acceptors (Lipinski definition) is 3. The molecule has 5 nitrogen and oxygen atoms in total. The van der Waals surface area contributed by atoms with Gasteiger partial charge in [0.2, 0.25) is 5.91 Å². The fourth-order valence-electron chi connectivity index (χ4n) is 0.896. The molecule has 0 bridgehead atoms. The van der Waals surface area contributed by atoms with Crippen LogP contribution in [-0.4, -0.2) is 27.5 Å². The van der Waals surface area contributed by atoms with Crippen LogP contribution < -0.4 is 11.1 Å². The summed E-state index contributed by atoms with van der Waals surface area (Å²) in [6.45, 7) is 0.184. The lowest BCUT2D eigenvalue weighted by atomic mass is 10.5. The number of imidazole rings is 1. The second kappa shape index (κ2) is 3.99. The van der Waals surface area contributed by atoms with Gasteiger partial charge in [0, 0.05) is 19.4 Å². The molecular weight excluding hydrogens is 188 g/mol. The SMILES string of the molecule is CNC(=O)Cn1ccnc1C(N)=S. The maximum Gasteiger partial charge on any atom is 0.239 e. The molecule has 0 saturated heterocycles. The van der Waals surface area contributed by atoms with Crippen LogP contribution in [0.5, 0.6) is 0 Å². The zero-order chi connectivity index (χ0) is 9.84. The highest BCUT2D eigenvalue weighted by molar-refractivity contribution is 7.80. The van der Waals surface area contributed by atoms with Crippen molar-refractivity contribution in [1.82, 2.24) is 14.9 Å². The Labute approximate surface area is 80.9 Å². The van der Waals surface area contributed by atoms with Gasteiger partial charge in [0.15, 0.2) is 5.82 Å². The largest absolute Gasteiger partial charge is 0.387 e. The van der Waals surface area contributed by atoms with Crippen LogP contribution in [0.3, 0.4) is 0 Å². The first-order valence-corrected chi connectivity index (χ1v) is 4.07. The molecule has 0 atom stereocenters. The van der Waals surface area contributed by atoms with Crippen molar-refractivity contribution in [1.29, 1.82) is 0 Å². The smallest absolute Gasteiger partial charge is 0.239 e. The first-order chi connectivity index (χ1) is 6.15. The maximum atomic E-state index is 11.0. The van der Waals surface area contributed by atoms with Gasteiger partial charge in [-0.2, -0.15) is 0 Å². The number of nitrogens with zero attached hydrogens (tertiary/aromatic N) is 2. The normalized spacial score (nSPS) is 9.62. The Kier molecular flexibility index (Phi) is 2.97. The summed E-state index contributed by atoms with van der Waals surface area (Å²) in [5.74, 6) is 0.342. The van der Waals surface area contributed by atoms with Gasteiger partial charge in [-0.25, -0.2) is 4.98 Å². The molecule has 0 unspecified atom stereocenters. The molecule has 0 spiro atoms. The third-order valence-corrected chi connectivity index (χ3v) is 1.71. The van der Waals surface area contributed by atoms with Gasteiger partial charge in [0.05, 0.1) is 0 Å². The average molecular weight is 198 g/mol. The predicted octanol–water partition coefficient (Wildman–Crippen LogP) is -0.737. The lowest BCUT2D eigenvalue weighted by Gasteiger charge is -2.04. The van der Waals surface area contributed by atoms with Crippen LogP contribution in [0.4, 0.5) is 0 Å². The summed E-state index contributed by atoms with van der Waals surface area (Å²) in [6.07, 6.45) is 3.21. The molecular formula is C7H10N4OS. The van der Waals surface area contributed by atoms with Gasteiger partial charge < -0.3 is 15.6 Å². The van der Waals surface area contributed by atoms with Crippen molar-refractivity contribution >= 4 is 23.1 Å². The standard InChI is InChI=1S/C7H10N4OS/c1-9-5(12)4-11-3-2-10-7(11)6(8)13/h2-3H,4H2,1H3,(H2,8,13)(H,9,12). The molecule has 6 heteroatoms. The molecule has 3 N–H and O–H groups in total. The van der Waals surface area contributed by atoms with Crippen LogP contribution >= 0.6 is 12.2 Å². The van der Waals surface area contributed by atoms with E-state index < -0.39 is 0 Å². The summed E-state index contributed by atoms with van der Waals surface area (Å²) < 4.78 is 1.60. The molecule has 1 aromatic heterocycles. The van der Waals surface area contributed by atoms with Gasteiger partial charge in [0.25, 0.3) is 0 Å². The minimum atomic E-state index is -0.115. The number of carbonyl (C=O) groups is 1. The Morgan fingerprint density at radius 2 is 2.54 bits per heavy atom. The van der Waals surface area contributed by atoms with Crippen molar-refractivity contribution in [2.75, 3.05) is 7.05 Å². The van der Waals surface area contributed by atoms with Crippen molar-refractivity contribution in [3.05, 3.63) is 18.2 Å². The lowest BCUT2D eigenvalue weighted by Crippen LogP contribution is -2.26. The van der Waals surface area contributed by atoms with Crippen molar-refractivity contribution in [3.8, 4) is 0 Å². The van der Waals surface area contributed by atoms with Gasteiger partial charge in [-0.1, -0.05) is 12.2 Å². The van der Waals surface area contributed by atoms with Crippen molar-refractivity contribution in [2.45, 2.75) is 6.54 Å². The molecule has 1 amide bonds. The van der Waals surface area contributed by atoms with Crippen LogP contribution in [0.2, 0.25) is 0 Å². The van der Waals surface area contributed by atoms with E-state index in [0.29, 0.717) is 5.82 Å². The van der Waals surface area contributed by atoms with E-state index >= 15 is 0 Å². The fourth-order valence-corrected chi connectivity index (χ4v) is 1.07. The molecule has 0 radical (unpaired) electrons. The van der Waals surface area contributed by atoms with Crippen LogP contribution in [0.15, 0.2) is 12.4 Å². The summed E-state index contributed by atoms with van der Waals surface area (Å²) in [6, 6.07) is 0. The molecule has 0 aliphatic rings. The topological polar surface area (TPSA) is 72.9 Å². The molecule has 0 aromatic carbocycles. The minimum Gasteiger partial charge on any atom is -0.387 e. The van der Waals surface area contributed by atoms with E-state index in [2.05, 4.69) is 10.3 Å². The van der Waals surface area contributed by atoms with Gasteiger partial charge in [-0.3, -0.25) is 4.79 Å². The van der Waals surface area contributed by atoms with Crippen LogP contribution in [0.1, 0.15) is 5.82 Å². The fraction of sp³-hybridized carbons (Fsp3) is 0.286. The summed E-state index contributed by atoms with van der Waals surface area (Å²) in [7, 11) is 1.57. The number of hydrogen-bond donors (Lipinski definition) is 2. The number of likely N-dealkylation sites (N-methyl/N-ethyl adjacent to an activating group) is 1. The van der Waals surface area contributed by atoms with E-state index in [1.54, 1.807) is 24.0 Å². The molecule has 70 valence electrons. The number of thiocarbonyl (C=S) groups is 1. The molecule has 0 fully saturated rings. The summed E-state index contributed by atoms with van der Waals surface area (Å²) in [5, 5.41) is 2.50. The maximum absolute atomic E-state index is 11.0. The van der Waals surface area contributed by atoms with E-state index in [1.165, 1.54) is 0 Å². The van der Waals surface area contributed by atoms with Crippen molar-refractivity contribution in [2.24, 2.45) is 5.73 Å². The first kappa shape index (κ1) is 9.66.